The fourth-order valence-electron chi connectivity index (χ4n) is 4.93. The SMILES string of the molecule is NC(=O)[C@@H]1CCNC(=O)[C@H](CCCNC(=O)c2cnccn2)NC(=O)[C@H](Cc2ccco2)NC(=O)[C@H](CC2CC2)NC(=O)/C=C\C(=O)N1. The van der Waals surface area contributed by atoms with Crippen LogP contribution in [0.25, 0.3) is 0 Å². The van der Waals surface area contributed by atoms with Crippen molar-refractivity contribution < 1.29 is 38.0 Å². The lowest BCUT2D eigenvalue weighted by atomic mass is 10.1. The maximum absolute atomic E-state index is 13.7. The molecule has 2 aliphatic rings. The molecule has 0 saturated heterocycles. The number of nitrogens with one attached hydrogen (secondary N) is 6. The Bertz CT molecular complexity index is 1490. The molecule has 4 atom stereocenters. The summed E-state index contributed by atoms with van der Waals surface area (Å²) in [6, 6.07) is -1.29. The largest absolute Gasteiger partial charge is 0.469 e. The van der Waals surface area contributed by atoms with Crippen LogP contribution in [0, 0.1) is 5.92 Å². The van der Waals surface area contributed by atoms with Gasteiger partial charge in [-0.25, -0.2) is 4.98 Å². The van der Waals surface area contributed by atoms with Gasteiger partial charge in [-0.3, -0.25) is 38.5 Å². The monoisotopic (exact) mass is 665 g/mol. The fraction of sp³-hybridized carbons (Fsp3) is 0.452. The highest BCUT2D eigenvalue weighted by molar-refractivity contribution is 6.00. The van der Waals surface area contributed by atoms with E-state index in [1.165, 1.54) is 24.9 Å². The van der Waals surface area contributed by atoms with Gasteiger partial charge >= 0.3 is 0 Å². The Morgan fingerprint density at radius 3 is 2.29 bits per heavy atom. The zero-order chi connectivity index (χ0) is 34.5. The van der Waals surface area contributed by atoms with Crippen LogP contribution in [0.1, 0.15) is 54.8 Å². The van der Waals surface area contributed by atoms with E-state index in [1.54, 1.807) is 12.1 Å². The number of hydrogen-bond donors (Lipinski definition) is 7. The predicted molar refractivity (Wildman–Crippen MR) is 167 cm³/mol. The zero-order valence-corrected chi connectivity index (χ0v) is 26.1. The zero-order valence-electron chi connectivity index (χ0n) is 26.1. The molecule has 1 aliphatic heterocycles. The van der Waals surface area contributed by atoms with E-state index in [-0.39, 0.29) is 50.4 Å². The summed E-state index contributed by atoms with van der Waals surface area (Å²) in [5.74, 6) is -4.20. The Morgan fingerprint density at radius 1 is 0.896 bits per heavy atom. The third-order valence-electron chi connectivity index (χ3n) is 7.68. The van der Waals surface area contributed by atoms with E-state index >= 15 is 0 Å². The summed E-state index contributed by atoms with van der Waals surface area (Å²) in [5, 5.41) is 15.7. The number of nitrogens with two attached hydrogens (primary N) is 1. The normalized spacial score (nSPS) is 23.6. The van der Waals surface area contributed by atoms with Crippen LogP contribution in [0.2, 0.25) is 0 Å². The number of aromatic nitrogens is 2. The molecule has 4 rings (SSSR count). The van der Waals surface area contributed by atoms with Crippen LogP contribution in [0.5, 0.6) is 0 Å². The summed E-state index contributed by atoms with van der Waals surface area (Å²) >= 11 is 0. The minimum atomic E-state index is -1.20. The maximum atomic E-state index is 13.7. The highest BCUT2D eigenvalue weighted by Gasteiger charge is 2.34. The Balaban J connectivity index is 1.54. The van der Waals surface area contributed by atoms with Crippen molar-refractivity contribution in [3.05, 3.63) is 60.6 Å². The smallest absolute Gasteiger partial charge is 0.271 e. The summed E-state index contributed by atoms with van der Waals surface area (Å²) in [7, 11) is 0. The Kier molecular flexibility index (Phi) is 12.7. The van der Waals surface area contributed by atoms with Gasteiger partial charge in [0.2, 0.25) is 35.4 Å². The molecule has 1 saturated carbocycles. The molecule has 3 heterocycles. The van der Waals surface area contributed by atoms with E-state index in [0.29, 0.717) is 12.2 Å². The van der Waals surface area contributed by atoms with E-state index in [4.69, 9.17) is 10.2 Å². The van der Waals surface area contributed by atoms with Gasteiger partial charge in [0.25, 0.3) is 5.91 Å². The second kappa shape index (κ2) is 17.3. The number of carbonyl (C=O) groups is 7. The number of carbonyl (C=O) groups excluding carboxylic acids is 7. The number of primary amides is 1. The fourth-order valence-corrected chi connectivity index (χ4v) is 4.93. The lowest BCUT2D eigenvalue weighted by Gasteiger charge is -2.25. The van der Waals surface area contributed by atoms with Gasteiger partial charge in [0.15, 0.2) is 0 Å². The van der Waals surface area contributed by atoms with Crippen LogP contribution in [0.15, 0.2) is 53.6 Å². The summed E-state index contributed by atoms with van der Waals surface area (Å²) in [5.41, 5.74) is 5.55. The molecule has 256 valence electrons. The minimum Gasteiger partial charge on any atom is -0.469 e. The molecule has 17 heteroatoms. The first-order chi connectivity index (χ1) is 23.1. The molecule has 7 amide bonds. The molecule has 0 bridgehead atoms. The molecule has 17 nitrogen and oxygen atoms in total. The third-order valence-corrected chi connectivity index (χ3v) is 7.68. The van der Waals surface area contributed by atoms with Crippen LogP contribution >= 0.6 is 0 Å². The van der Waals surface area contributed by atoms with E-state index in [1.807, 2.05) is 0 Å². The van der Waals surface area contributed by atoms with Crippen LogP contribution < -0.4 is 37.6 Å². The molecule has 0 radical (unpaired) electrons. The van der Waals surface area contributed by atoms with Gasteiger partial charge in [0.05, 0.1) is 12.5 Å². The number of rotatable bonds is 10. The maximum Gasteiger partial charge on any atom is 0.271 e. The quantitative estimate of drug-likeness (QED) is 0.139. The third kappa shape index (κ3) is 11.3. The molecule has 1 fully saturated rings. The van der Waals surface area contributed by atoms with Crippen molar-refractivity contribution in [3.8, 4) is 0 Å². The van der Waals surface area contributed by atoms with Gasteiger partial charge < -0.3 is 42.1 Å². The van der Waals surface area contributed by atoms with Crippen molar-refractivity contribution in [3.63, 3.8) is 0 Å². The standard InChI is InChI=1S/C31H39N9O8/c32-27(43)20-9-11-36-28(44)21(4-1-10-35-29(45)24-17-33-12-13-34-24)39-31(47)23(16-19-3-2-14-48-19)40-30(46)22(15-18-5-6-18)38-26(42)8-7-25(41)37-20/h2-3,7-8,12-14,17-18,20-23H,1,4-6,9-11,15-16H2,(H2,32,43)(H,35,45)(H,36,44)(H,37,41)(H,38,42)(H,39,47)(H,40,46)/b8-7-/t20-,21-,22-,23-/m0/s1. The Labute approximate surface area is 275 Å². The van der Waals surface area contributed by atoms with Crippen LogP contribution in [-0.4, -0.2) is 88.6 Å². The number of amides is 7. The summed E-state index contributed by atoms with van der Waals surface area (Å²) < 4.78 is 5.41. The molecule has 0 unspecified atom stereocenters. The summed E-state index contributed by atoms with van der Waals surface area (Å²) in [6.45, 7) is 0.0234. The lowest BCUT2D eigenvalue weighted by Crippen LogP contribution is -2.57. The van der Waals surface area contributed by atoms with Crippen molar-refractivity contribution in [2.75, 3.05) is 13.1 Å². The van der Waals surface area contributed by atoms with Gasteiger partial charge in [0.1, 0.15) is 35.6 Å². The van der Waals surface area contributed by atoms with Crippen molar-refractivity contribution >= 4 is 41.4 Å². The molecule has 2 aromatic rings. The van der Waals surface area contributed by atoms with Crippen molar-refractivity contribution in [1.82, 2.24) is 41.9 Å². The topological polar surface area (TPSA) is 257 Å². The molecule has 1 aliphatic carbocycles. The van der Waals surface area contributed by atoms with E-state index in [9.17, 15) is 33.6 Å². The molecule has 8 N–H and O–H groups in total. The minimum absolute atomic E-state index is 0.0580. The van der Waals surface area contributed by atoms with Gasteiger partial charge in [-0.2, -0.15) is 0 Å². The Morgan fingerprint density at radius 2 is 1.62 bits per heavy atom. The summed E-state index contributed by atoms with van der Waals surface area (Å²) in [4.78, 5) is 97.9. The lowest BCUT2D eigenvalue weighted by molar-refractivity contribution is -0.133. The average molecular weight is 666 g/mol. The highest BCUT2D eigenvalue weighted by Crippen LogP contribution is 2.33. The molecular weight excluding hydrogens is 626 g/mol. The van der Waals surface area contributed by atoms with Gasteiger partial charge in [-0.05, 0) is 43.7 Å². The van der Waals surface area contributed by atoms with Crippen LogP contribution in [0.3, 0.4) is 0 Å². The molecular formula is C31H39N9O8. The van der Waals surface area contributed by atoms with E-state index in [2.05, 4.69) is 41.9 Å². The molecule has 0 aromatic carbocycles. The first-order valence-electron chi connectivity index (χ1n) is 15.6. The van der Waals surface area contributed by atoms with Gasteiger partial charge in [-0.15, -0.1) is 0 Å². The summed E-state index contributed by atoms with van der Waals surface area (Å²) in [6.07, 6.45) is 9.60. The molecule has 48 heavy (non-hydrogen) atoms. The van der Waals surface area contributed by atoms with E-state index in [0.717, 1.165) is 25.0 Å². The average Bonchev–Trinajstić information content (AvgIpc) is 3.74. The second-order valence-corrected chi connectivity index (χ2v) is 11.5. The Hall–Kier alpha value is -5.61. The van der Waals surface area contributed by atoms with Crippen molar-refractivity contribution in [2.45, 2.75) is 69.1 Å². The second-order valence-electron chi connectivity index (χ2n) is 11.5. The van der Waals surface area contributed by atoms with Gasteiger partial charge in [-0.1, -0.05) is 12.8 Å². The van der Waals surface area contributed by atoms with E-state index < -0.39 is 65.5 Å². The van der Waals surface area contributed by atoms with Crippen molar-refractivity contribution in [1.29, 1.82) is 0 Å². The molecule has 2 aromatic heterocycles. The number of furan rings is 1. The number of hydrogen-bond acceptors (Lipinski definition) is 10. The van der Waals surface area contributed by atoms with Gasteiger partial charge in [0, 0.05) is 44.1 Å². The first-order valence-corrected chi connectivity index (χ1v) is 15.6. The predicted octanol–water partition coefficient (Wildman–Crippen LogP) is -1.88. The van der Waals surface area contributed by atoms with Crippen LogP contribution in [0.4, 0.5) is 0 Å². The first kappa shape index (κ1) is 35.2. The number of nitrogens with zero attached hydrogens (tertiary/aromatic N) is 2. The van der Waals surface area contributed by atoms with Crippen LogP contribution in [-0.2, 0) is 35.2 Å². The van der Waals surface area contributed by atoms with Crippen molar-refractivity contribution in [2.24, 2.45) is 11.7 Å². The highest BCUT2D eigenvalue weighted by atomic mass is 16.3. The molecule has 0 spiro atoms.